The number of carbonyl (C=O) groups excluding carboxylic acids is 2. The highest BCUT2D eigenvalue weighted by molar-refractivity contribution is 5.77. The van der Waals surface area contributed by atoms with E-state index in [4.69, 9.17) is 18.9 Å². The lowest BCUT2D eigenvalue weighted by Crippen LogP contribution is -2.65. The van der Waals surface area contributed by atoms with Crippen LogP contribution in [0.2, 0.25) is 0 Å². The van der Waals surface area contributed by atoms with Gasteiger partial charge in [-0.25, -0.2) is 0 Å². The number of rotatable bonds is 33. The molecule has 0 unspecified atom stereocenters. The molecular weight excluding hydrogens is 670 g/mol. The van der Waals surface area contributed by atoms with E-state index < -0.39 is 43.4 Å². The van der Waals surface area contributed by atoms with E-state index in [-0.39, 0.29) is 31.5 Å². The first-order valence-corrected chi connectivity index (χ1v) is 21.2. The number of carbonyl (C=O) groups is 2. The largest absolute Gasteiger partial charge is 0.462 e. The summed E-state index contributed by atoms with van der Waals surface area (Å²) >= 11 is 0. The fourth-order valence-electron chi connectivity index (χ4n) is 7.08. The minimum absolute atomic E-state index is 0.0304. The zero-order valence-electron chi connectivity index (χ0n) is 33.4. The molecule has 1 saturated heterocycles. The number of unbranched alkanes of at least 4 members (excludes halogenated alkanes) is 18. The zero-order valence-corrected chi connectivity index (χ0v) is 33.4. The molecule has 0 aliphatic carbocycles. The number of hydrogen-bond donors (Lipinski definition) is 3. The molecule has 2 rings (SSSR count). The van der Waals surface area contributed by atoms with Gasteiger partial charge < -0.3 is 34.5 Å². The molecule has 0 spiro atoms. The molecule has 304 valence electrons. The Morgan fingerprint density at radius 3 is 1.89 bits per heavy atom. The summed E-state index contributed by atoms with van der Waals surface area (Å²) in [6.07, 6.45) is 21.9. The first kappa shape index (κ1) is 46.9. The van der Waals surface area contributed by atoms with Crippen LogP contribution < -0.4 is 5.32 Å². The van der Waals surface area contributed by atoms with Crippen LogP contribution in [-0.4, -0.2) is 72.1 Å². The molecule has 1 aliphatic heterocycles. The van der Waals surface area contributed by atoms with Gasteiger partial charge in [0, 0.05) is 6.42 Å². The number of nitrogens with one attached hydrogen (secondary N) is 1. The Morgan fingerprint density at radius 2 is 1.34 bits per heavy atom. The molecule has 53 heavy (non-hydrogen) atoms. The third kappa shape index (κ3) is 21.4. The highest BCUT2D eigenvalue weighted by atomic mass is 16.6. The van der Waals surface area contributed by atoms with E-state index in [9.17, 15) is 19.8 Å². The highest BCUT2D eigenvalue weighted by Crippen LogP contribution is 2.27. The first-order chi connectivity index (χ1) is 25.9. The van der Waals surface area contributed by atoms with Crippen LogP contribution in [0.4, 0.5) is 0 Å². The molecule has 0 saturated carbocycles. The van der Waals surface area contributed by atoms with Gasteiger partial charge in [-0.2, -0.15) is 0 Å². The van der Waals surface area contributed by atoms with Gasteiger partial charge in [-0.1, -0.05) is 166 Å². The van der Waals surface area contributed by atoms with E-state index in [2.05, 4.69) is 25.7 Å². The van der Waals surface area contributed by atoms with Crippen LogP contribution in [-0.2, 0) is 35.1 Å². The predicted octanol–water partition coefficient (Wildman–Crippen LogP) is 9.26. The van der Waals surface area contributed by atoms with Crippen LogP contribution in [0.1, 0.15) is 167 Å². The standard InChI is InChI=1S/C44H75NO8/c1-4-7-9-11-13-15-16-18-20-22-27-31-40(48)52-37(30-26-21-19-17-14-12-10-8-5-2)33-39(47)45-41-43(50-32-6-3)42(38(34-46)53-44(41)49)51-35-36-28-24-23-25-29-36/h6,23-25,28-29,37-38,41-44,46,49H,3-5,7-22,26-27,30-35H2,1-2H3,(H,45,47)/t37-,38-,41-,42-,43-,44-/m1/s1. The Hall–Kier alpha value is -2.30. The maximum absolute atomic E-state index is 13.6. The van der Waals surface area contributed by atoms with Gasteiger partial charge in [0.05, 0.1) is 26.2 Å². The monoisotopic (exact) mass is 746 g/mol. The summed E-state index contributed by atoms with van der Waals surface area (Å²) in [5.74, 6) is -0.638. The SMILES string of the molecule is C=CCO[C@@H]1[C@@H](NC(=O)C[C@@H](CCCCCCCCCCC)OC(=O)CCCCCCCCCCCCC)[C@H](O)O[C@H](CO)[C@H]1OCc1ccccc1. The van der Waals surface area contributed by atoms with Crippen LogP contribution in [0.25, 0.3) is 0 Å². The van der Waals surface area contributed by atoms with Crippen LogP contribution in [0.15, 0.2) is 43.0 Å². The third-order valence-corrected chi connectivity index (χ3v) is 10.2. The Balaban J connectivity index is 1.95. The van der Waals surface area contributed by atoms with Gasteiger partial charge in [0.25, 0.3) is 0 Å². The lowest BCUT2D eigenvalue weighted by molar-refractivity contribution is -0.271. The normalized spacial score (nSPS) is 20.6. The summed E-state index contributed by atoms with van der Waals surface area (Å²) in [6, 6.07) is 8.61. The summed E-state index contributed by atoms with van der Waals surface area (Å²) < 4.78 is 24.0. The summed E-state index contributed by atoms with van der Waals surface area (Å²) in [5, 5.41) is 24.0. The molecule has 1 amide bonds. The maximum atomic E-state index is 13.6. The molecule has 0 radical (unpaired) electrons. The van der Waals surface area contributed by atoms with Crippen molar-refractivity contribution in [3.63, 3.8) is 0 Å². The lowest BCUT2D eigenvalue weighted by atomic mass is 9.95. The predicted molar refractivity (Wildman–Crippen MR) is 212 cm³/mol. The first-order valence-electron chi connectivity index (χ1n) is 21.2. The van der Waals surface area contributed by atoms with Crippen LogP contribution in [0.3, 0.4) is 0 Å². The van der Waals surface area contributed by atoms with Gasteiger partial charge in [-0.3, -0.25) is 9.59 Å². The average Bonchev–Trinajstić information content (AvgIpc) is 3.16. The highest BCUT2D eigenvalue weighted by Gasteiger charge is 2.47. The molecule has 0 bridgehead atoms. The van der Waals surface area contributed by atoms with E-state index in [1.54, 1.807) is 6.08 Å². The topological polar surface area (TPSA) is 124 Å². The van der Waals surface area contributed by atoms with Crippen molar-refractivity contribution in [3.8, 4) is 0 Å². The molecule has 1 aliphatic rings. The fourth-order valence-corrected chi connectivity index (χ4v) is 7.08. The van der Waals surface area contributed by atoms with E-state index in [0.717, 1.165) is 44.1 Å². The van der Waals surface area contributed by atoms with Crippen molar-refractivity contribution >= 4 is 11.9 Å². The summed E-state index contributed by atoms with van der Waals surface area (Å²) in [4.78, 5) is 26.6. The van der Waals surface area contributed by atoms with Crippen LogP contribution in [0.5, 0.6) is 0 Å². The van der Waals surface area contributed by atoms with Gasteiger partial charge in [0.2, 0.25) is 5.91 Å². The quantitative estimate of drug-likeness (QED) is 0.0370. The second kappa shape index (κ2) is 31.0. The maximum Gasteiger partial charge on any atom is 0.306 e. The smallest absolute Gasteiger partial charge is 0.306 e. The van der Waals surface area contributed by atoms with E-state index in [1.165, 1.54) is 89.9 Å². The molecule has 1 fully saturated rings. The summed E-state index contributed by atoms with van der Waals surface area (Å²) in [5.41, 5.74) is 0.924. The van der Waals surface area contributed by atoms with Crippen LogP contribution >= 0.6 is 0 Å². The number of aliphatic hydroxyl groups excluding tert-OH is 2. The van der Waals surface area contributed by atoms with Crippen molar-refractivity contribution in [2.75, 3.05) is 13.2 Å². The second-order valence-electron chi connectivity index (χ2n) is 14.9. The number of hydrogen-bond acceptors (Lipinski definition) is 8. The number of benzene rings is 1. The van der Waals surface area contributed by atoms with Crippen LogP contribution in [0, 0.1) is 0 Å². The fraction of sp³-hybridized carbons (Fsp3) is 0.773. The van der Waals surface area contributed by atoms with Crippen molar-refractivity contribution in [2.45, 2.75) is 205 Å². The van der Waals surface area contributed by atoms with Crippen molar-refractivity contribution in [1.29, 1.82) is 0 Å². The average molecular weight is 746 g/mol. The summed E-state index contributed by atoms with van der Waals surface area (Å²) in [6.45, 7) is 8.19. The third-order valence-electron chi connectivity index (χ3n) is 10.2. The lowest BCUT2D eigenvalue weighted by Gasteiger charge is -2.44. The number of esters is 1. The van der Waals surface area contributed by atoms with E-state index in [0.29, 0.717) is 12.8 Å². The van der Waals surface area contributed by atoms with Crippen molar-refractivity contribution in [3.05, 3.63) is 48.6 Å². The summed E-state index contributed by atoms with van der Waals surface area (Å²) in [7, 11) is 0. The Kier molecular flexibility index (Phi) is 27.4. The molecule has 1 heterocycles. The molecule has 0 aromatic heterocycles. The number of ether oxygens (including phenoxy) is 4. The number of amides is 1. The van der Waals surface area contributed by atoms with E-state index in [1.807, 2.05) is 30.3 Å². The molecule has 1 aromatic carbocycles. The molecular formula is C44H75NO8. The Bertz CT molecular complexity index is 1060. The molecule has 3 N–H and O–H groups in total. The van der Waals surface area contributed by atoms with Gasteiger partial charge in [0.1, 0.15) is 30.5 Å². The van der Waals surface area contributed by atoms with Gasteiger partial charge in [-0.05, 0) is 24.8 Å². The van der Waals surface area contributed by atoms with Crippen molar-refractivity contribution in [2.24, 2.45) is 0 Å². The van der Waals surface area contributed by atoms with Crippen molar-refractivity contribution in [1.82, 2.24) is 5.32 Å². The van der Waals surface area contributed by atoms with Gasteiger partial charge in [0.15, 0.2) is 6.29 Å². The zero-order chi connectivity index (χ0) is 38.4. The minimum atomic E-state index is -1.44. The van der Waals surface area contributed by atoms with Gasteiger partial charge >= 0.3 is 5.97 Å². The Labute approximate surface area is 322 Å². The second-order valence-corrected chi connectivity index (χ2v) is 14.9. The minimum Gasteiger partial charge on any atom is -0.462 e. The Morgan fingerprint density at radius 1 is 0.792 bits per heavy atom. The van der Waals surface area contributed by atoms with Crippen molar-refractivity contribution < 1.29 is 38.7 Å². The molecule has 6 atom stereocenters. The molecule has 9 heteroatoms. The van der Waals surface area contributed by atoms with Gasteiger partial charge in [-0.15, -0.1) is 6.58 Å². The number of aliphatic hydroxyl groups is 2. The molecule has 1 aromatic rings. The van der Waals surface area contributed by atoms with E-state index >= 15 is 0 Å². The molecule has 9 nitrogen and oxygen atoms in total.